The molecule has 0 heterocycles. The second kappa shape index (κ2) is 15.0. The maximum atomic E-state index is 10.8. The van der Waals surface area contributed by atoms with E-state index in [1.807, 2.05) is 6.92 Å². The molecule has 1 aliphatic rings. The third-order valence-corrected chi connectivity index (χ3v) is 8.72. The lowest BCUT2D eigenvalue weighted by molar-refractivity contribution is 0.0785. The van der Waals surface area contributed by atoms with Crippen molar-refractivity contribution in [3.05, 3.63) is 130 Å². The number of aliphatic hydroxyl groups excluding tert-OH is 2. The Morgan fingerprint density at radius 3 is 1.39 bits per heavy atom. The fourth-order valence-electron chi connectivity index (χ4n) is 6.46. The van der Waals surface area contributed by atoms with E-state index in [1.165, 1.54) is 56.6 Å². The molecule has 0 fully saturated rings. The van der Waals surface area contributed by atoms with Crippen molar-refractivity contribution in [3.8, 4) is 0 Å². The lowest BCUT2D eigenvalue weighted by Gasteiger charge is -2.36. The fourth-order valence-corrected chi connectivity index (χ4v) is 6.46. The van der Waals surface area contributed by atoms with Gasteiger partial charge in [0.1, 0.15) is 12.2 Å². The summed E-state index contributed by atoms with van der Waals surface area (Å²) in [5.41, 5.74) is 5.50. The van der Waals surface area contributed by atoms with Crippen LogP contribution in [0.5, 0.6) is 0 Å². The van der Waals surface area contributed by atoms with E-state index in [1.54, 1.807) is 0 Å². The van der Waals surface area contributed by atoms with E-state index in [9.17, 15) is 10.2 Å². The molecule has 2 N–H and O–H groups in total. The van der Waals surface area contributed by atoms with Crippen LogP contribution in [0, 0.1) is 0 Å². The first-order chi connectivity index (χ1) is 20.0. The van der Waals surface area contributed by atoms with Crippen molar-refractivity contribution in [1.82, 2.24) is 0 Å². The summed E-state index contributed by atoms with van der Waals surface area (Å²) in [6.07, 6.45) is 8.14. The smallest absolute Gasteiger partial charge is 0.169 e. The van der Waals surface area contributed by atoms with Crippen LogP contribution < -0.4 is 0 Å². The Labute approximate surface area is 246 Å². The van der Waals surface area contributed by atoms with Crippen LogP contribution in [0.25, 0.3) is 0 Å². The molecule has 2 unspecified atom stereocenters. The second-order valence-electron chi connectivity index (χ2n) is 11.1. The summed E-state index contributed by atoms with van der Waals surface area (Å²) in [7, 11) is 3.00. The highest BCUT2D eigenvalue weighted by atomic mass is 16.5. The Morgan fingerprint density at radius 1 is 0.561 bits per heavy atom. The summed E-state index contributed by atoms with van der Waals surface area (Å²) in [6, 6.07) is 32.9. The van der Waals surface area contributed by atoms with Crippen LogP contribution in [0.15, 0.2) is 114 Å². The number of aliphatic hydroxyl groups is 2. The number of hydrogen-bond donors (Lipinski definition) is 2. The molecular formula is C37H46O4. The van der Waals surface area contributed by atoms with Crippen molar-refractivity contribution in [1.29, 1.82) is 0 Å². The van der Waals surface area contributed by atoms with Gasteiger partial charge in [-0.25, -0.2) is 0 Å². The quantitative estimate of drug-likeness (QED) is 0.113. The average molecular weight is 555 g/mol. The van der Waals surface area contributed by atoms with Crippen LogP contribution in [0.3, 0.4) is 0 Å². The summed E-state index contributed by atoms with van der Waals surface area (Å²) < 4.78 is 10.6. The van der Waals surface area contributed by atoms with Gasteiger partial charge in [0.25, 0.3) is 0 Å². The predicted molar refractivity (Wildman–Crippen MR) is 167 cm³/mol. The average Bonchev–Trinajstić information content (AvgIpc) is 3.02. The standard InChI is InChI=1S/C37H46O4/c1-28-32(34(39)36(41-3)35(40-2)33(28)38)26-18-7-5-4-6-8-19-27-37(29-20-12-9-13-21-29,30-22-14-10-15-23-30)31-24-16-11-17-25-31/h9-17,20-25,33-34,38-39H,4-8,18-19,26-27H2,1-3H3. The first-order valence-corrected chi connectivity index (χ1v) is 15.1. The molecular weight excluding hydrogens is 508 g/mol. The number of rotatable bonds is 15. The molecule has 0 aromatic heterocycles. The van der Waals surface area contributed by atoms with Gasteiger partial charge in [-0.05, 0) is 54.0 Å². The molecule has 218 valence electrons. The van der Waals surface area contributed by atoms with Gasteiger partial charge in [-0.2, -0.15) is 0 Å². The molecule has 3 aromatic carbocycles. The van der Waals surface area contributed by atoms with Crippen LogP contribution in [0.2, 0.25) is 0 Å². The lowest BCUT2D eigenvalue weighted by Crippen LogP contribution is -2.31. The molecule has 4 nitrogen and oxygen atoms in total. The maximum absolute atomic E-state index is 10.8. The minimum atomic E-state index is -0.858. The molecule has 0 saturated carbocycles. The molecule has 0 aliphatic heterocycles. The van der Waals surface area contributed by atoms with Crippen molar-refractivity contribution in [2.45, 2.75) is 82.3 Å². The molecule has 0 amide bonds. The number of unbranched alkanes of at least 4 members (excludes halogenated alkanes) is 6. The van der Waals surface area contributed by atoms with Crippen molar-refractivity contribution in [2.75, 3.05) is 14.2 Å². The monoisotopic (exact) mass is 554 g/mol. The first-order valence-electron chi connectivity index (χ1n) is 15.1. The van der Waals surface area contributed by atoms with Gasteiger partial charge in [0, 0.05) is 5.41 Å². The van der Waals surface area contributed by atoms with Crippen LogP contribution in [0.1, 0.15) is 81.4 Å². The van der Waals surface area contributed by atoms with Gasteiger partial charge in [0.05, 0.1) is 14.2 Å². The van der Waals surface area contributed by atoms with Crippen LogP contribution in [-0.2, 0) is 14.9 Å². The summed E-state index contributed by atoms with van der Waals surface area (Å²) in [5, 5.41) is 21.4. The van der Waals surface area contributed by atoms with E-state index in [4.69, 9.17) is 9.47 Å². The van der Waals surface area contributed by atoms with Gasteiger partial charge in [-0.1, -0.05) is 130 Å². The zero-order valence-electron chi connectivity index (χ0n) is 24.9. The summed E-state index contributed by atoms with van der Waals surface area (Å²) in [4.78, 5) is 0. The lowest BCUT2D eigenvalue weighted by atomic mass is 9.66. The summed E-state index contributed by atoms with van der Waals surface area (Å²) in [5.74, 6) is 0.621. The van der Waals surface area contributed by atoms with Gasteiger partial charge in [-0.15, -0.1) is 0 Å². The molecule has 4 rings (SSSR count). The van der Waals surface area contributed by atoms with Gasteiger partial charge >= 0.3 is 0 Å². The maximum Gasteiger partial charge on any atom is 0.169 e. The highest BCUT2D eigenvalue weighted by Gasteiger charge is 2.36. The van der Waals surface area contributed by atoms with Crippen molar-refractivity contribution >= 4 is 0 Å². The molecule has 0 radical (unpaired) electrons. The fraction of sp³-hybridized carbons (Fsp3) is 0.405. The van der Waals surface area contributed by atoms with Crippen molar-refractivity contribution in [2.24, 2.45) is 0 Å². The van der Waals surface area contributed by atoms with Crippen LogP contribution >= 0.6 is 0 Å². The van der Waals surface area contributed by atoms with Gasteiger partial charge in [-0.3, -0.25) is 0 Å². The van der Waals surface area contributed by atoms with Crippen LogP contribution in [0.4, 0.5) is 0 Å². The van der Waals surface area contributed by atoms with Gasteiger partial charge in [0.2, 0.25) is 0 Å². The number of hydrogen-bond acceptors (Lipinski definition) is 4. The summed E-state index contributed by atoms with van der Waals surface area (Å²) >= 11 is 0. The first kappa shape index (κ1) is 30.6. The minimum absolute atomic E-state index is 0.168. The Kier molecular flexibility index (Phi) is 11.2. The largest absolute Gasteiger partial charge is 0.494 e. The number of benzene rings is 3. The zero-order valence-corrected chi connectivity index (χ0v) is 24.9. The number of ether oxygens (including phenoxy) is 2. The van der Waals surface area contributed by atoms with E-state index in [0.29, 0.717) is 11.5 Å². The highest BCUT2D eigenvalue weighted by molar-refractivity contribution is 5.50. The third kappa shape index (κ3) is 6.94. The molecule has 3 aromatic rings. The van der Waals surface area contributed by atoms with Gasteiger partial charge in [0.15, 0.2) is 11.5 Å². The molecule has 41 heavy (non-hydrogen) atoms. The van der Waals surface area contributed by atoms with Crippen LogP contribution in [-0.4, -0.2) is 36.6 Å². The minimum Gasteiger partial charge on any atom is -0.494 e. The van der Waals surface area contributed by atoms with Gasteiger partial charge < -0.3 is 19.7 Å². The highest BCUT2D eigenvalue weighted by Crippen LogP contribution is 2.43. The molecule has 4 heteroatoms. The third-order valence-electron chi connectivity index (χ3n) is 8.72. The van der Waals surface area contributed by atoms with E-state index in [-0.39, 0.29) is 5.41 Å². The van der Waals surface area contributed by atoms with Crippen molar-refractivity contribution in [3.63, 3.8) is 0 Å². The Balaban J connectivity index is 1.30. The Hall–Kier alpha value is -3.34. The second-order valence-corrected chi connectivity index (χ2v) is 11.1. The topological polar surface area (TPSA) is 58.9 Å². The van der Waals surface area contributed by atoms with E-state index < -0.39 is 12.2 Å². The Bertz CT molecular complexity index is 1170. The van der Waals surface area contributed by atoms with E-state index in [0.717, 1.165) is 43.3 Å². The van der Waals surface area contributed by atoms with E-state index >= 15 is 0 Å². The molecule has 0 bridgehead atoms. The predicted octanol–water partition coefficient (Wildman–Crippen LogP) is 8.09. The summed E-state index contributed by atoms with van der Waals surface area (Å²) in [6.45, 7) is 1.87. The SMILES string of the molecule is COC1=C(OC)C(O)C(CCCCCCCCCC(c2ccccc2)(c2ccccc2)c2ccccc2)=C(C)C1O. The molecule has 0 spiro atoms. The molecule has 0 saturated heterocycles. The zero-order chi connectivity index (χ0) is 29.1. The molecule has 2 atom stereocenters. The molecule has 1 aliphatic carbocycles. The normalized spacial score (nSPS) is 17.6. The number of methoxy groups -OCH3 is 2. The Morgan fingerprint density at radius 2 is 0.951 bits per heavy atom. The van der Waals surface area contributed by atoms with E-state index in [2.05, 4.69) is 91.0 Å². The van der Waals surface area contributed by atoms with Crippen molar-refractivity contribution < 1.29 is 19.7 Å².